The summed E-state index contributed by atoms with van der Waals surface area (Å²) in [4.78, 5) is 19.1. The Labute approximate surface area is 247 Å². The molecule has 2 heterocycles. The standard InChI is InChI=1S/C35H40N2O3S/c1-4-8-26(9-5-2)27-15-13-25(14-16-27)22-40-33-17-12-24(3)18-30(33)31-23-41-34(36-31)21-37-20-29-11-7-6-10-28(29)19-32(37)35(38)39/h6-7,10-18,23,26,32H,4-5,8-9,19-22H2,1-3H3,(H,38,39). The molecule has 0 aliphatic carbocycles. The van der Waals surface area contributed by atoms with Crippen molar-refractivity contribution < 1.29 is 14.6 Å². The molecule has 6 heteroatoms. The fourth-order valence-electron chi connectivity index (χ4n) is 5.86. The molecule has 1 aliphatic rings. The SMILES string of the molecule is CCCC(CCC)c1ccc(COc2ccc(C)cc2-c2csc(CN3Cc4ccccc4CC3C(=O)O)n2)cc1. The van der Waals surface area contributed by atoms with Gasteiger partial charge in [-0.3, -0.25) is 9.69 Å². The fraction of sp³-hybridized carbons (Fsp3) is 0.371. The zero-order valence-corrected chi connectivity index (χ0v) is 25.1. The van der Waals surface area contributed by atoms with E-state index in [1.54, 1.807) is 11.3 Å². The number of aryl methyl sites for hydroxylation is 1. The lowest BCUT2D eigenvalue weighted by atomic mass is 9.90. The van der Waals surface area contributed by atoms with Gasteiger partial charge in [-0.25, -0.2) is 4.98 Å². The van der Waals surface area contributed by atoms with E-state index >= 15 is 0 Å². The molecule has 0 saturated carbocycles. The largest absolute Gasteiger partial charge is 0.488 e. The van der Waals surface area contributed by atoms with E-state index in [0.29, 0.717) is 32.0 Å². The molecular formula is C35H40N2O3S. The summed E-state index contributed by atoms with van der Waals surface area (Å²) in [5.74, 6) is 0.652. The summed E-state index contributed by atoms with van der Waals surface area (Å²) in [6.07, 6.45) is 5.38. The average Bonchev–Trinajstić information content (AvgIpc) is 3.44. The van der Waals surface area contributed by atoms with Gasteiger partial charge < -0.3 is 9.84 Å². The van der Waals surface area contributed by atoms with E-state index in [2.05, 4.69) is 68.6 Å². The first-order valence-corrected chi connectivity index (χ1v) is 15.6. The highest BCUT2D eigenvalue weighted by Gasteiger charge is 2.31. The molecular weight excluding hydrogens is 528 g/mol. The van der Waals surface area contributed by atoms with Crippen LogP contribution in [0.2, 0.25) is 0 Å². The Morgan fingerprint density at radius 1 is 1.05 bits per heavy atom. The third-order valence-corrected chi connectivity index (χ3v) is 8.89. The van der Waals surface area contributed by atoms with Gasteiger partial charge in [-0.15, -0.1) is 11.3 Å². The van der Waals surface area contributed by atoms with Crippen molar-refractivity contribution in [3.05, 3.63) is 105 Å². The molecule has 1 aliphatic heterocycles. The fourth-order valence-corrected chi connectivity index (χ4v) is 6.68. The first kappa shape index (κ1) is 29.0. The van der Waals surface area contributed by atoms with Gasteiger partial charge in [0.25, 0.3) is 0 Å². The minimum atomic E-state index is -0.787. The minimum absolute atomic E-state index is 0.493. The van der Waals surface area contributed by atoms with Crippen LogP contribution in [0.4, 0.5) is 0 Å². The van der Waals surface area contributed by atoms with Crippen molar-refractivity contribution >= 4 is 17.3 Å². The monoisotopic (exact) mass is 568 g/mol. The maximum atomic E-state index is 12.1. The van der Waals surface area contributed by atoms with E-state index in [9.17, 15) is 9.90 Å². The molecule has 0 radical (unpaired) electrons. The number of carbonyl (C=O) groups is 1. The molecule has 0 bridgehead atoms. The topological polar surface area (TPSA) is 62.7 Å². The predicted molar refractivity (Wildman–Crippen MR) is 166 cm³/mol. The van der Waals surface area contributed by atoms with Crippen LogP contribution < -0.4 is 4.74 Å². The van der Waals surface area contributed by atoms with Crippen LogP contribution >= 0.6 is 11.3 Å². The maximum absolute atomic E-state index is 12.1. The number of rotatable bonds is 12. The van der Waals surface area contributed by atoms with Gasteiger partial charge in [-0.05, 0) is 66.5 Å². The Kier molecular flexibility index (Phi) is 9.53. The molecule has 0 saturated heterocycles. The van der Waals surface area contributed by atoms with Crippen molar-refractivity contribution in [1.82, 2.24) is 9.88 Å². The van der Waals surface area contributed by atoms with E-state index < -0.39 is 12.0 Å². The van der Waals surface area contributed by atoms with E-state index in [-0.39, 0.29) is 0 Å². The van der Waals surface area contributed by atoms with Crippen LogP contribution in [0.5, 0.6) is 5.75 Å². The predicted octanol–water partition coefficient (Wildman–Crippen LogP) is 8.39. The van der Waals surface area contributed by atoms with Gasteiger partial charge >= 0.3 is 5.97 Å². The van der Waals surface area contributed by atoms with E-state index in [1.807, 2.05) is 29.2 Å². The number of benzene rings is 3. The number of hydrogen-bond acceptors (Lipinski definition) is 5. The molecule has 1 aromatic heterocycles. The summed E-state index contributed by atoms with van der Waals surface area (Å²) in [7, 11) is 0. The molecule has 41 heavy (non-hydrogen) atoms. The van der Waals surface area contributed by atoms with Crippen molar-refractivity contribution in [2.24, 2.45) is 0 Å². The molecule has 0 spiro atoms. The number of nitrogens with zero attached hydrogens (tertiary/aromatic N) is 2. The summed E-state index contributed by atoms with van der Waals surface area (Å²) in [6, 6.07) is 22.7. The Balaban J connectivity index is 1.30. The molecule has 0 fully saturated rings. The van der Waals surface area contributed by atoms with Crippen LogP contribution in [-0.4, -0.2) is 27.0 Å². The third kappa shape index (κ3) is 7.06. The van der Waals surface area contributed by atoms with Gasteiger partial charge in [0.1, 0.15) is 23.4 Å². The quantitative estimate of drug-likeness (QED) is 0.186. The summed E-state index contributed by atoms with van der Waals surface area (Å²) >= 11 is 1.57. The summed E-state index contributed by atoms with van der Waals surface area (Å²) in [6.45, 7) is 8.19. The van der Waals surface area contributed by atoms with Crippen molar-refractivity contribution in [2.45, 2.75) is 84.5 Å². The van der Waals surface area contributed by atoms with Gasteiger partial charge in [-0.2, -0.15) is 0 Å². The van der Waals surface area contributed by atoms with Crippen molar-refractivity contribution in [3.8, 4) is 17.0 Å². The number of fused-ring (bicyclic) bond motifs is 1. The third-order valence-electron chi connectivity index (χ3n) is 8.05. The number of ether oxygens (including phenoxy) is 1. The molecule has 3 aromatic carbocycles. The molecule has 0 amide bonds. The molecule has 5 rings (SSSR count). The normalized spacial score (nSPS) is 15.2. The highest BCUT2D eigenvalue weighted by atomic mass is 32.1. The first-order chi connectivity index (χ1) is 19.9. The van der Waals surface area contributed by atoms with Gasteiger partial charge in [-0.1, -0.05) is 86.8 Å². The number of thiazole rings is 1. The summed E-state index contributed by atoms with van der Waals surface area (Å²) in [5, 5.41) is 12.9. The van der Waals surface area contributed by atoms with Crippen LogP contribution in [0, 0.1) is 6.92 Å². The first-order valence-electron chi connectivity index (χ1n) is 14.8. The molecule has 1 N–H and O–H groups in total. The lowest BCUT2D eigenvalue weighted by Gasteiger charge is -2.33. The molecule has 5 nitrogen and oxygen atoms in total. The summed E-state index contributed by atoms with van der Waals surface area (Å²) < 4.78 is 6.35. The van der Waals surface area contributed by atoms with E-state index in [4.69, 9.17) is 9.72 Å². The second kappa shape index (κ2) is 13.5. The number of aliphatic carboxylic acids is 1. The second-order valence-corrected chi connectivity index (χ2v) is 12.1. The molecule has 4 aromatic rings. The van der Waals surface area contributed by atoms with Gasteiger partial charge in [0, 0.05) is 17.5 Å². The number of carboxylic acid groups (broad SMARTS) is 1. The van der Waals surface area contributed by atoms with Gasteiger partial charge in [0.2, 0.25) is 0 Å². The van der Waals surface area contributed by atoms with Crippen LogP contribution in [0.15, 0.2) is 72.1 Å². The van der Waals surface area contributed by atoms with Crippen LogP contribution in [0.1, 0.15) is 78.3 Å². The molecule has 1 atom stereocenters. The van der Waals surface area contributed by atoms with E-state index in [1.165, 1.54) is 36.8 Å². The van der Waals surface area contributed by atoms with E-state index in [0.717, 1.165) is 38.7 Å². The van der Waals surface area contributed by atoms with Crippen molar-refractivity contribution in [3.63, 3.8) is 0 Å². The van der Waals surface area contributed by atoms with Gasteiger partial charge in [0.15, 0.2) is 0 Å². The van der Waals surface area contributed by atoms with Crippen molar-refractivity contribution in [1.29, 1.82) is 0 Å². The number of carboxylic acids is 1. The average molecular weight is 569 g/mol. The molecule has 1 unspecified atom stereocenters. The number of hydrogen-bond donors (Lipinski definition) is 1. The lowest BCUT2D eigenvalue weighted by molar-refractivity contribution is -0.144. The zero-order chi connectivity index (χ0) is 28.8. The highest BCUT2D eigenvalue weighted by molar-refractivity contribution is 7.09. The Morgan fingerprint density at radius 2 is 1.78 bits per heavy atom. The second-order valence-electron chi connectivity index (χ2n) is 11.2. The molecule has 214 valence electrons. The Morgan fingerprint density at radius 3 is 2.49 bits per heavy atom. The summed E-state index contributed by atoms with van der Waals surface area (Å²) in [5.41, 5.74) is 7.85. The van der Waals surface area contributed by atoms with Gasteiger partial charge in [0.05, 0.1) is 12.2 Å². The lowest BCUT2D eigenvalue weighted by Crippen LogP contribution is -2.44. The van der Waals surface area contributed by atoms with Crippen LogP contribution in [-0.2, 0) is 30.9 Å². The smallest absolute Gasteiger partial charge is 0.321 e. The Hall–Kier alpha value is -3.48. The number of aromatic nitrogens is 1. The van der Waals surface area contributed by atoms with Crippen LogP contribution in [0.25, 0.3) is 11.3 Å². The minimum Gasteiger partial charge on any atom is -0.488 e. The van der Waals surface area contributed by atoms with Crippen molar-refractivity contribution in [2.75, 3.05) is 0 Å². The van der Waals surface area contributed by atoms with Crippen LogP contribution in [0.3, 0.4) is 0 Å². The Bertz CT molecular complexity index is 1460. The maximum Gasteiger partial charge on any atom is 0.321 e. The zero-order valence-electron chi connectivity index (χ0n) is 24.3. The highest BCUT2D eigenvalue weighted by Crippen LogP contribution is 2.34.